The summed E-state index contributed by atoms with van der Waals surface area (Å²) >= 11 is 0. The highest BCUT2D eigenvalue weighted by Gasteiger charge is 2.36. The van der Waals surface area contributed by atoms with E-state index < -0.39 is 0 Å². The van der Waals surface area contributed by atoms with Crippen LogP contribution in [0.1, 0.15) is 32.1 Å². The highest BCUT2D eigenvalue weighted by Crippen LogP contribution is 2.46. The first-order valence-electron chi connectivity index (χ1n) is 5.04. The van der Waals surface area contributed by atoms with Crippen LogP contribution in [0.15, 0.2) is 0 Å². The molecular weight excluding hydrogens is 134 g/mol. The van der Waals surface area contributed by atoms with Gasteiger partial charge in [-0.05, 0) is 44.2 Å². The summed E-state index contributed by atoms with van der Waals surface area (Å²) in [6.07, 6.45) is 7.63. The van der Waals surface area contributed by atoms with Gasteiger partial charge in [0.15, 0.2) is 0 Å². The van der Waals surface area contributed by atoms with Crippen LogP contribution in [0.3, 0.4) is 0 Å². The molecule has 0 bridgehead atoms. The van der Waals surface area contributed by atoms with Gasteiger partial charge in [-0.25, -0.2) is 0 Å². The lowest BCUT2D eigenvalue weighted by molar-refractivity contribution is 0.0748. The van der Waals surface area contributed by atoms with E-state index in [0.717, 1.165) is 17.8 Å². The molecule has 1 nitrogen and oxygen atoms in total. The van der Waals surface area contributed by atoms with Gasteiger partial charge < -0.3 is 5.32 Å². The summed E-state index contributed by atoms with van der Waals surface area (Å²) in [5, 5.41) is 3.27. The minimum absolute atomic E-state index is 1.02. The van der Waals surface area contributed by atoms with Crippen molar-refractivity contribution in [2.75, 3.05) is 13.6 Å². The Morgan fingerprint density at radius 1 is 1.18 bits per heavy atom. The Balaban J connectivity index is 1.63. The standard InChI is InChI=1S/C10H19N/c1-11-7-8-5-10(6-8)9-3-2-4-9/h8-11H,2-7H2,1H3. The average molecular weight is 153 g/mol. The molecule has 2 rings (SSSR count). The topological polar surface area (TPSA) is 12.0 Å². The largest absolute Gasteiger partial charge is 0.319 e. The minimum Gasteiger partial charge on any atom is -0.319 e. The van der Waals surface area contributed by atoms with Gasteiger partial charge in [0, 0.05) is 0 Å². The second-order valence-corrected chi connectivity index (χ2v) is 4.35. The van der Waals surface area contributed by atoms with E-state index in [1.54, 1.807) is 0 Å². The molecule has 1 heteroatoms. The van der Waals surface area contributed by atoms with Gasteiger partial charge in [-0.1, -0.05) is 19.3 Å². The molecule has 0 atom stereocenters. The van der Waals surface area contributed by atoms with Crippen molar-refractivity contribution in [2.24, 2.45) is 17.8 Å². The Hall–Kier alpha value is -0.0400. The lowest BCUT2D eigenvalue weighted by atomic mass is 9.62. The molecule has 0 saturated heterocycles. The summed E-state index contributed by atoms with van der Waals surface area (Å²) in [4.78, 5) is 0. The van der Waals surface area contributed by atoms with Gasteiger partial charge in [0.25, 0.3) is 0 Å². The molecular formula is C10H19N. The van der Waals surface area contributed by atoms with Gasteiger partial charge in [0.1, 0.15) is 0 Å². The molecule has 0 unspecified atom stereocenters. The first-order chi connectivity index (χ1) is 5.40. The van der Waals surface area contributed by atoms with Crippen LogP contribution in [-0.4, -0.2) is 13.6 Å². The van der Waals surface area contributed by atoms with Crippen LogP contribution in [0.25, 0.3) is 0 Å². The summed E-state index contributed by atoms with van der Waals surface area (Å²) in [6, 6.07) is 0. The molecule has 2 aliphatic rings. The zero-order valence-electron chi connectivity index (χ0n) is 7.47. The van der Waals surface area contributed by atoms with Crippen molar-refractivity contribution in [1.29, 1.82) is 0 Å². The predicted molar refractivity (Wildman–Crippen MR) is 47.5 cm³/mol. The number of rotatable bonds is 3. The van der Waals surface area contributed by atoms with Crippen LogP contribution in [0, 0.1) is 17.8 Å². The molecule has 0 aliphatic heterocycles. The van der Waals surface area contributed by atoms with Gasteiger partial charge in [-0.3, -0.25) is 0 Å². The van der Waals surface area contributed by atoms with E-state index in [-0.39, 0.29) is 0 Å². The third kappa shape index (κ3) is 1.44. The monoisotopic (exact) mass is 153 g/mol. The third-order valence-corrected chi connectivity index (χ3v) is 3.58. The summed E-state index contributed by atoms with van der Waals surface area (Å²) in [7, 11) is 2.07. The maximum atomic E-state index is 3.27. The molecule has 0 amide bonds. The molecule has 0 spiro atoms. The van der Waals surface area contributed by atoms with Crippen LogP contribution in [0.5, 0.6) is 0 Å². The first-order valence-corrected chi connectivity index (χ1v) is 5.04. The van der Waals surface area contributed by atoms with Crippen molar-refractivity contribution in [3.8, 4) is 0 Å². The van der Waals surface area contributed by atoms with Crippen LogP contribution in [0.4, 0.5) is 0 Å². The molecule has 1 N–H and O–H groups in total. The molecule has 0 aromatic rings. The lowest BCUT2D eigenvalue weighted by Gasteiger charge is -2.44. The lowest BCUT2D eigenvalue weighted by Crippen LogP contribution is -2.37. The van der Waals surface area contributed by atoms with Crippen LogP contribution in [0.2, 0.25) is 0 Å². The fraction of sp³-hybridized carbons (Fsp3) is 1.00. The summed E-state index contributed by atoms with van der Waals surface area (Å²) in [5.74, 6) is 3.29. The Bertz CT molecular complexity index is 123. The highest BCUT2D eigenvalue weighted by atomic mass is 14.8. The normalized spacial score (nSPS) is 37.9. The zero-order chi connectivity index (χ0) is 7.68. The van der Waals surface area contributed by atoms with E-state index in [1.807, 2.05) is 0 Å². The van der Waals surface area contributed by atoms with Crippen molar-refractivity contribution in [3.05, 3.63) is 0 Å². The molecule has 11 heavy (non-hydrogen) atoms. The minimum atomic E-state index is 1.02. The third-order valence-electron chi connectivity index (χ3n) is 3.58. The zero-order valence-corrected chi connectivity index (χ0v) is 7.47. The van der Waals surface area contributed by atoms with Crippen molar-refractivity contribution in [1.82, 2.24) is 5.32 Å². The second kappa shape index (κ2) is 3.14. The smallest absolute Gasteiger partial charge is 0.00233 e. The SMILES string of the molecule is CNCC1CC(C2CCC2)C1. The second-order valence-electron chi connectivity index (χ2n) is 4.35. The van der Waals surface area contributed by atoms with E-state index in [9.17, 15) is 0 Å². The van der Waals surface area contributed by atoms with E-state index in [1.165, 1.54) is 38.6 Å². The van der Waals surface area contributed by atoms with Gasteiger partial charge in [-0.2, -0.15) is 0 Å². The molecule has 0 heterocycles. The van der Waals surface area contributed by atoms with Gasteiger partial charge in [0.2, 0.25) is 0 Å². The van der Waals surface area contributed by atoms with E-state index in [0.29, 0.717) is 0 Å². The molecule has 0 radical (unpaired) electrons. The molecule has 2 fully saturated rings. The Morgan fingerprint density at radius 3 is 2.36 bits per heavy atom. The molecule has 64 valence electrons. The van der Waals surface area contributed by atoms with Crippen LogP contribution < -0.4 is 5.32 Å². The van der Waals surface area contributed by atoms with Crippen molar-refractivity contribution in [2.45, 2.75) is 32.1 Å². The van der Waals surface area contributed by atoms with Gasteiger partial charge >= 0.3 is 0 Å². The number of hydrogen-bond donors (Lipinski definition) is 1. The van der Waals surface area contributed by atoms with E-state index in [4.69, 9.17) is 0 Å². The predicted octanol–water partition coefficient (Wildman–Crippen LogP) is 2.03. The fourth-order valence-electron chi connectivity index (χ4n) is 2.54. The van der Waals surface area contributed by atoms with Gasteiger partial charge in [0.05, 0.1) is 0 Å². The van der Waals surface area contributed by atoms with Crippen molar-refractivity contribution >= 4 is 0 Å². The Labute approximate surface area is 69.6 Å². The Kier molecular flexibility index (Phi) is 2.17. The summed E-state index contributed by atoms with van der Waals surface area (Å²) in [6.45, 7) is 1.25. The molecule has 0 aromatic heterocycles. The molecule has 2 aliphatic carbocycles. The molecule has 0 aromatic carbocycles. The summed E-state index contributed by atoms with van der Waals surface area (Å²) in [5.41, 5.74) is 0. The van der Waals surface area contributed by atoms with E-state index >= 15 is 0 Å². The maximum absolute atomic E-state index is 3.27. The number of hydrogen-bond acceptors (Lipinski definition) is 1. The van der Waals surface area contributed by atoms with E-state index in [2.05, 4.69) is 12.4 Å². The first kappa shape index (κ1) is 7.60. The van der Waals surface area contributed by atoms with Crippen molar-refractivity contribution < 1.29 is 0 Å². The highest BCUT2D eigenvalue weighted by molar-refractivity contribution is 4.88. The van der Waals surface area contributed by atoms with Crippen molar-refractivity contribution in [3.63, 3.8) is 0 Å². The quantitative estimate of drug-likeness (QED) is 0.654. The molecule has 2 saturated carbocycles. The fourth-order valence-corrected chi connectivity index (χ4v) is 2.54. The number of nitrogens with one attached hydrogen (secondary N) is 1. The summed E-state index contributed by atoms with van der Waals surface area (Å²) < 4.78 is 0. The Morgan fingerprint density at radius 2 is 1.91 bits per heavy atom. The maximum Gasteiger partial charge on any atom is -0.00233 e. The van der Waals surface area contributed by atoms with Crippen LogP contribution in [-0.2, 0) is 0 Å². The van der Waals surface area contributed by atoms with Crippen LogP contribution >= 0.6 is 0 Å². The van der Waals surface area contributed by atoms with Gasteiger partial charge in [-0.15, -0.1) is 0 Å². The average Bonchev–Trinajstić information content (AvgIpc) is 1.79.